The van der Waals surface area contributed by atoms with Gasteiger partial charge in [-0.25, -0.2) is 12.7 Å². The molecular formula is C15H16F6N2O3S. The zero-order valence-corrected chi connectivity index (χ0v) is 14.8. The molecule has 1 N–H and O–H groups in total. The molecule has 1 atom stereocenters. The smallest absolute Gasteiger partial charge is 0.348 e. The lowest BCUT2D eigenvalue weighted by molar-refractivity contribution is -0.143. The van der Waals surface area contributed by atoms with Crippen LogP contribution in [0.1, 0.15) is 34.3 Å². The number of carbonyl (C=O) groups excluding carboxylic acids is 1. The zero-order chi connectivity index (χ0) is 20.6. The second-order valence-corrected chi connectivity index (χ2v) is 8.21. The fraction of sp³-hybridized carbons (Fsp3) is 0.533. The molecule has 0 aromatic heterocycles. The van der Waals surface area contributed by atoms with Gasteiger partial charge in [-0.1, -0.05) is 0 Å². The number of hydrogen-bond acceptors (Lipinski definition) is 3. The molecule has 1 saturated heterocycles. The van der Waals surface area contributed by atoms with Crippen LogP contribution in [0.5, 0.6) is 0 Å². The van der Waals surface area contributed by atoms with Gasteiger partial charge in [-0.15, -0.1) is 0 Å². The lowest BCUT2D eigenvalue weighted by Crippen LogP contribution is -2.49. The molecule has 0 radical (unpaired) electrons. The third-order valence-electron chi connectivity index (χ3n) is 4.04. The first kappa shape index (κ1) is 21.5. The van der Waals surface area contributed by atoms with Gasteiger partial charge in [0.25, 0.3) is 5.91 Å². The van der Waals surface area contributed by atoms with Crippen LogP contribution in [-0.4, -0.2) is 44.0 Å². The fourth-order valence-electron chi connectivity index (χ4n) is 2.72. The van der Waals surface area contributed by atoms with Crippen LogP contribution in [-0.2, 0) is 22.4 Å². The third kappa shape index (κ3) is 5.58. The van der Waals surface area contributed by atoms with E-state index in [9.17, 15) is 39.6 Å². The van der Waals surface area contributed by atoms with Gasteiger partial charge in [0.1, 0.15) is 0 Å². The van der Waals surface area contributed by atoms with Crippen LogP contribution >= 0.6 is 0 Å². The molecular weight excluding hydrogens is 402 g/mol. The minimum absolute atomic E-state index is 0.0667. The van der Waals surface area contributed by atoms with Crippen LogP contribution in [0.4, 0.5) is 26.3 Å². The van der Waals surface area contributed by atoms with E-state index >= 15 is 0 Å². The maximum absolute atomic E-state index is 12.9. The second-order valence-electron chi connectivity index (χ2n) is 6.23. The van der Waals surface area contributed by atoms with E-state index in [0.717, 1.165) is 10.6 Å². The number of piperidine rings is 1. The van der Waals surface area contributed by atoms with Gasteiger partial charge in [0.15, 0.2) is 0 Å². The molecule has 1 heterocycles. The summed E-state index contributed by atoms with van der Waals surface area (Å²) in [5, 5.41) is 2.31. The van der Waals surface area contributed by atoms with Gasteiger partial charge in [-0.05, 0) is 31.0 Å². The Bertz CT molecular complexity index is 788. The Kier molecular flexibility index (Phi) is 5.81. The molecule has 27 heavy (non-hydrogen) atoms. The highest BCUT2D eigenvalue weighted by Crippen LogP contribution is 2.36. The lowest BCUT2D eigenvalue weighted by atomic mass is 10.0. The maximum atomic E-state index is 12.9. The third-order valence-corrected chi connectivity index (χ3v) is 5.31. The van der Waals surface area contributed by atoms with Crippen LogP contribution in [0.2, 0.25) is 0 Å². The molecule has 152 valence electrons. The number of amides is 1. The summed E-state index contributed by atoms with van der Waals surface area (Å²) in [6.45, 7) is 0.128. The molecule has 1 fully saturated rings. The van der Waals surface area contributed by atoms with E-state index in [1.165, 1.54) is 0 Å². The van der Waals surface area contributed by atoms with Gasteiger partial charge < -0.3 is 5.32 Å². The molecule has 0 aliphatic carbocycles. The summed E-state index contributed by atoms with van der Waals surface area (Å²) >= 11 is 0. The van der Waals surface area contributed by atoms with Gasteiger partial charge in [0.2, 0.25) is 10.0 Å². The molecule has 5 nitrogen and oxygen atoms in total. The predicted octanol–water partition coefficient (Wildman–Crippen LogP) is 2.88. The number of sulfonamides is 1. The van der Waals surface area contributed by atoms with Crippen LogP contribution < -0.4 is 5.32 Å². The Morgan fingerprint density at radius 2 is 1.59 bits per heavy atom. The number of carbonyl (C=O) groups is 1. The van der Waals surface area contributed by atoms with Gasteiger partial charge in [-0.3, -0.25) is 4.79 Å². The summed E-state index contributed by atoms with van der Waals surface area (Å²) in [4.78, 5) is 12.2. The number of benzene rings is 1. The predicted molar refractivity (Wildman–Crippen MR) is 83.4 cm³/mol. The van der Waals surface area contributed by atoms with Crippen molar-refractivity contribution < 1.29 is 39.6 Å². The Hall–Kier alpha value is -1.82. The SMILES string of the molecule is CS(=O)(=O)N1CCCC(NC(=O)c2cc(C(F)(F)F)cc(C(F)(F)F)c2)C1. The highest BCUT2D eigenvalue weighted by Gasteiger charge is 2.38. The van der Waals surface area contributed by atoms with E-state index in [1.54, 1.807) is 0 Å². The van der Waals surface area contributed by atoms with Gasteiger partial charge in [0, 0.05) is 24.7 Å². The molecule has 1 aromatic rings. The summed E-state index contributed by atoms with van der Waals surface area (Å²) < 4.78 is 101. The number of alkyl halides is 6. The molecule has 0 saturated carbocycles. The first-order valence-electron chi connectivity index (χ1n) is 7.73. The maximum Gasteiger partial charge on any atom is 0.416 e. The quantitative estimate of drug-likeness (QED) is 0.768. The normalized spacial score (nSPS) is 19.7. The lowest BCUT2D eigenvalue weighted by Gasteiger charge is -2.31. The van der Waals surface area contributed by atoms with E-state index in [2.05, 4.69) is 5.32 Å². The van der Waals surface area contributed by atoms with E-state index in [1.807, 2.05) is 0 Å². The second kappa shape index (κ2) is 7.30. The fourth-order valence-corrected chi connectivity index (χ4v) is 3.63. The Labute approximate surface area is 151 Å². The van der Waals surface area contributed by atoms with Crippen molar-refractivity contribution >= 4 is 15.9 Å². The Morgan fingerprint density at radius 3 is 2.04 bits per heavy atom. The monoisotopic (exact) mass is 418 g/mol. The van der Waals surface area contributed by atoms with Crippen molar-refractivity contribution in [3.63, 3.8) is 0 Å². The average molecular weight is 418 g/mol. The minimum atomic E-state index is -5.06. The van der Waals surface area contributed by atoms with Crippen molar-refractivity contribution in [1.29, 1.82) is 0 Å². The Morgan fingerprint density at radius 1 is 1.07 bits per heavy atom. The molecule has 1 aliphatic rings. The van der Waals surface area contributed by atoms with Crippen molar-refractivity contribution in [2.24, 2.45) is 0 Å². The molecule has 0 spiro atoms. The summed E-state index contributed by atoms with van der Waals surface area (Å²) in [7, 11) is -3.53. The van der Waals surface area contributed by atoms with Crippen molar-refractivity contribution in [1.82, 2.24) is 9.62 Å². The highest BCUT2D eigenvalue weighted by molar-refractivity contribution is 7.88. The average Bonchev–Trinajstić information content (AvgIpc) is 2.52. The van der Waals surface area contributed by atoms with Gasteiger partial charge >= 0.3 is 12.4 Å². The molecule has 1 aliphatic heterocycles. The zero-order valence-electron chi connectivity index (χ0n) is 14.0. The van der Waals surface area contributed by atoms with Crippen LogP contribution in [0, 0.1) is 0 Å². The summed E-state index contributed by atoms with van der Waals surface area (Å²) in [6, 6.07) is -0.114. The largest absolute Gasteiger partial charge is 0.416 e. The number of halogens is 6. The molecule has 1 aromatic carbocycles. The number of hydrogen-bond donors (Lipinski definition) is 1. The molecule has 2 rings (SSSR count). The standard InChI is InChI=1S/C15H16F6N2O3S/c1-27(25,26)23-4-2-3-12(8-23)22-13(24)9-5-10(14(16,17)18)7-11(6-9)15(19,20)21/h5-7,12H,2-4,8H2,1H3,(H,22,24). The van der Waals surface area contributed by atoms with Gasteiger partial charge in [-0.2, -0.15) is 26.3 Å². The first-order chi connectivity index (χ1) is 12.2. The van der Waals surface area contributed by atoms with E-state index in [0.29, 0.717) is 25.0 Å². The van der Waals surface area contributed by atoms with E-state index < -0.39 is 51.0 Å². The van der Waals surface area contributed by atoms with Crippen molar-refractivity contribution in [2.75, 3.05) is 19.3 Å². The summed E-state index contributed by atoms with van der Waals surface area (Å²) in [5.41, 5.74) is -3.98. The van der Waals surface area contributed by atoms with E-state index in [4.69, 9.17) is 0 Å². The molecule has 12 heteroatoms. The molecule has 1 unspecified atom stereocenters. The highest BCUT2D eigenvalue weighted by atomic mass is 32.2. The van der Waals surface area contributed by atoms with Crippen molar-refractivity contribution in [3.8, 4) is 0 Å². The van der Waals surface area contributed by atoms with Crippen LogP contribution in [0.15, 0.2) is 18.2 Å². The first-order valence-corrected chi connectivity index (χ1v) is 9.58. The molecule has 0 bridgehead atoms. The summed E-state index contributed by atoms with van der Waals surface area (Å²) in [6.07, 6.45) is -8.40. The molecule has 1 amide bonds. The number of rotatable bonds is 3. The summed E-state index contributed by atoms with van der Waals surface area (Å²) in [5.74, 6) is -1.13. The van der Waals surface area contributed by atoms with Gasteiger partial charge in [0.05, 0.1) is 17.4 Å². The van der Waals surface area contributed by atoms with Crippen molar-refractivity contribution in [3.05, 3.63) is 34.9 Å². The minimum Gasteiger partial charge on any atom is -0.348 e. The number of nitrogens with one attached hydrogen (secondary N) is 1. The Balaban J connectivity index is 2.27. The number of nitrogens with zero attached hydrogens (tertiary/aromatic N) is 1. The van der Waals surface area contributed by atoms with Crippen LogP contribution in [0.25, 0.3) is 0 Å². The van der Waals surface area contributed by atoms with Crippen LogP contribution in [0.3, 0.4) is 0 Å². The van der Waals surface area contributed by atoms with Crippen molar-refractivity contribution in [2.45, 2.75) is 31.2 Å². The topological polar surface area (TPSA) is 66.5 Å². The van der Waals surface area contributed by atoms with E-state index in [-0.39, 0.29) is 19.2 Å².